The van der Waals surface area contributed by atoms with Gasteiger partial charge in [0.15, 0.2) is 0 Å². The number of hydrogen-bond donors (Lipinski definition) is 2. The molecule has 0 aliphatic heterocycles. The Morgan fingerprint density at radius 1 is 1.00 bits per heavy atom. The largest absolute Gasteiger partial charge is 0.417 e. The van der Waals surface area contributed by atoms with E-state index in [2.05, 4.69) is 15.5 Å². The van der Waals surface area contributed by atoms with E-state index in [1.807, 2.05) is 0 Å². The van der Waals surface area contributed by atoms with E-state index in [-0.39, 0.29) is 11.5 Å². The molecule has 24 heavy (non-hydrogen) atoms. The zero-order valence-corrected chi connectivity index (χ0v) is 12.3. The Kier molecular flexibility index (Phi) is 4.07. The van der Waals surface area contributed by atoms with Crippen LogP contribution in [0.25, 0.3) is 11.1 Å². The molecule has 0 saturated heterocycles. The molecule has 0 fully saturated rings. The monoisotopic (exact) mass is 331 g/mol. The molecule has 0 aliphatic rings. The van der Waals surface area contributed by atoms with E-state index in [4.69, 9.17) is 0 Å². The standard InChI is InChI=1S/C17H12F3N3O/c18-17(19,20)14-4-2-1-3-13(14)11-5-7-12(8-6-11)22-16(24)15-9-10-21-23-15/h1-10H,(H,21,23)(H,22,24). The van der Waals surface area contributed by atoms with E-state index in [1.54, 1.807) is 18.2 Å². The Balaban J connectivity index is 1.84. The zero-order valence-electron chi connectivity index (χ0n) is 12.3. The molecule has 3 rings (SSSR count). The fraction of sp³-hybridized carbons (Fsp3) is 0.0588. The van der Waals surface area contributed by atoms with Crippen molar-refractivity contribution in [3.63, 3.8) is 0 Å². The molecule has 3 aromatic rings. The molecule has 0 saturated carbocycles. The Hall–Kier alpha value is -3.09. The van der Waals surface area contributed by atoms with Crippen molar-refractivity contribution in [3.8, 4) is 11.1 Å². The first-order valence-corrected chi connectivity index (χ1v) is 7.02. The molecule has 1 heterocycles. The van der Waals surface area contributed by atoms with E-state index in [0.717, 1.165) is 6.07 Å². The lowest BCUT2D eigenvalue weighted by Crippen LogP contribution is -2.12. The molecule has 1 amide bonds. The Labute approximate surface area is 135 Å². The molecule has 0 spiro atoms. The number of carbonyl (C=O) groups is 1. The number of aromatic amines is 1. The van der Waals surface area contributed by atoms with Gasteiger partial charge >= 0.3 is 6.18 Å². The summed E-state index contributed by atoms with van der Waals surface area (Å²) in [6, 6.07) is 13.1. The summed E-state index contributed by atoms with van der Waals surface area (Å²) in [5.74, 6) is -0.379. The molecular weight excluding hydrogens is 319 g/mol. The lowest BCUT2D eigenvalue weighted by molar-refractivity contribution is -0.137. The maximum Gasteiger partial charge on any atom is 0.417 e. The Bertz CT molecular complexity index is 840. The van der Waals surface area contributed by atoms with Crippen LogP contribution in [0.5, 0.6) is 0 Å². The average Bonchev–Trinajstić information content (AvgIpc) is 3.09. The molecule has 0 atom stereocenters. The lowest BCUT2D eigenvalue weighted by atomic mass is 9.99. The number of aromatic nitrogens is 2. The van der Waals surface area contributed by atoms with E-state index in [0.29, 0.717) is 16.9 Å². The third-order valence-electron chi connectivity index (χ3n) is 3.43. The second-order valence-corrected chi connectivity index (χ2v) is 5.05. The van der Waals surface area contributed by atoms with Crippen LogP contribution < -0.4 is 5.32 Å². The quantitative estimate of drug-likeness (QED) is 0.750. The number of rotatable bonds is 3. The van der Waals surface area contributed by atoms with Crippen molar-refractivity contribution in [2.75, 3.05) is 5.32 Å². The van der Waals surface area contributed by atoms with Crippen LogP contribution in [0.2, 0.25) is 0 Å². The first-order valence-electron chi connectivity index (χ1n) is 7.02. The number of nitrogens with zero attached hydrogens (tertiary/aromatic N) is 1. The van der Waals surface area contributed by atoms with E-state index in [9.17, 15) is 18.0 Å². The van der Waals surface area contributed by atoms with Crippen LogP contribution in [0.1, 0.15) is 16.1 Å². The number of anilines is 1. The maximum atomic E-state index is 13.1. The van der Waals surface area contributed by atoms with Gasteiger partial charge in [-0.1, -0.05) is 30.3 Å². The van der Waals surface area contributed by atoms with Gasteiger partial charge in [-0.05, 0) is 35.4 Å². The molecule has 0 radical (unpaired) electrons. The topological polar surface area (TPSA) is 57.8 Å². The molecule has 7 heteroatoms. The summed E-state index contributed by atoms with van der Waals surface area (Å²) in [5.41, 5.74) is 0.586. The SMILES string of the molecule is O=C(Nc1ccc(-c2ccccc2C(F)(F)F)cc1)c1ccn[nH]1. The zero-order chi connectivity index (χ0) is 17.2. The predicted molar refractivity (Wildman–Crippen MR) is 83.4 cm³/mol. The lowest BCUT2D eigenvalue weighted by Gasteiger charge is -2.13. The van der Waals surface area contributed by atoms with Gasteiger partial charge in [-0.25, -0.2) is 0 Å². The van der Waals surface area contributed by atoms with Crippen molar-refractivity contribution in [1.82, 2.24) is 10.2 Å². The van der Waals surface area contributed by atoms with Crippen molar-refractivity contribution in [1.29, 1.82) is 0 Å². The third-order valence-corrected chi connectivity index (χ3v) is 3.43. The van der Waals surface area contributed by atoms with Crippen LogP contribution in [0.4, 0.5) is 18.9 Å². The van der Waals surface area contributed by atoms with Crippen molar-refractivity contribution >= 4 is 11.6 Å². The fourth-order valence-electron chi connectivity index (χ4n) is 2.30. The second-order valence-electron chi connectivity index (χ2n) is 5.05. The number of amides is 1. The highest BCUT2D eigenvalue weighted by Gasteiger charge is 2.33. The summed E-state index contributed by atoms with van der Waals surface area (Å²) in [6.07, 6.45) is -2.98. The van der Waals surface area contributed by atoms with Gasteiger partial charge in [-0.3, -0.25) is 9.89 Å². The maximum absolute atomic E-state index is 13.1. The van der Waals surface area contributed by atoms with Gasteiger partial charge in [0.25, 0.3) is 5.91 Å². The Morgan fingerprint density at radius 2 is 1.71 bits per heavy atom. The highest BCUT2D eigenvalue weighted by molar-refractivity contribution is 6.02. The summed E-state index contributed by atoms with van der Waals surface area (Å²) in [5, 5.41) is 8.85. The van der Waals surface area contributed by atoms with Crippen LogP contribution >= 0.6 is 0 Å². The van der Waals surface area contributed by atoms with E-state index >= 15 is 0 Å². The summed E-state index contributed by atoms with van der Waals surface area (Å²) in [6.45, 7) is 0. The molecule has 0 bridgehead atoms. The number of carbonyl (C=O) groups excluding carboxylic acids is 1. The van der Waals surface area contributed by atoms with Crippen LogP contribution in [0, 0.1) is 0 Å². The molecular formula is C17H12F3N3O. The normalized spacial score (nSPS) is 11.3. The van der Waals surface area contributed by atoms with Crippen LogP contribution in [-0.4, -0.2) is 16.1 Å². The van der Waals surface area contributed by atoms with Crippen LogP contribution in [0.3, 0.4) is 0 Å². The van der Waals surface area contributed by atoms with Gasteiger partial charge in [0.2, 0.25) is 0 Å². The molecule has 0 unspecified atom stereocenters. The minimum Gasteiger partial charge on any atom is -0.321 e. The van der Waals surface area contributed by atoms with E-state index < -0.39 is 11.7 Å². The molecule has 0 aliphatic carbocycles. The molecule has 4 nitrogen and oxygen atoms in total. The fourth-order valence-corrected chi connectivity index (χ4v) is 2.30. The minimum absolute atomic E-state index is 0.0939. The number of H-pyrrole nitrogens is 1. The van der Waals surface area contributed by atoms with Crippen LogP contribution in [0.15, 0.2) is 60.8 Å². The second kappa shape index (κ2) is 6.19. The van der Waals surface area contributed by atoms with Crippen molar-refractivity contribution in [2.24, 2.45) is 0 Å². The van der Waals surface area contributed by atoms with Gasteiger partial charge < -0.3 is 5.32 Å². The van der Waals surface area contributed by atoms with Gasteiger partial charge in [-0.2, -0.15) is 18.3 Å². The Morgan fingerprint density at radius 3 is 2.33 bits per heavy atom. The third kappa shape index (κ3) is 3.29. The van der Waals surface area contributed by atoms with Crippen molar-refractivity contribution < 1.29 is 18.0 Å². The molecule has 122 valence electrons. The number of benzene rings is 2. The molecule has 2 aromatic carbocycles. The van der Waals surface area contributed by atoms with Crippen LogP contribution in [-0.2, 0) is 6.18 Å². The van der Waals surface area contributed by atoms with Gasteiger partial charge in [0.1, 0.15) is 5.69 Å². The first kappa shape index (κ1) is 15.8. The predicted octanol–water partition coefficient (Wildman–Crippen LogP) is 4.35. The smallest absolute Gasteiger partial charge is 0.321 e. The number of alkyl halides is 3. The number of halogens is 3. The van der Waals surface area contributed by atoms with Crippen molar-refractivity contribution in [2.45, 2.75) is 6.18 Å². The first-order chi connectivity index (χ1) is 11.4. The summed E-state index contributed by atoms with van der Waals surface area (Å²) >= 11 is 0. The molecule has 2 N–H and O–H groups in total. The highest BCUT2D eigenvalue weighted by Crippen LogP contribution is 2.37. The van der Waals surface area contributed by atoms with Gasteiger partial charge in [0.05, 0.1) is 5.56 Å². The average molecular weight is 331 g/mol. The highest BCUT2D eigenvalue weighted by atomic mass is 19.4. The summed E-state index contributed by atoms with van der Waals surface area (Å²) < 4.78 is 39.2. The number of hydrogen-bond acceptors (Lipinski definition) is 2. The minimum atomic E-state index is -4.43. The summed E-state index contributed by atoms with van der Waals surface area (Å²) in [7, 11) is 0. The van der Waals surface area contributed by atoms with Crippen molar-refractivity contribution in [3.05, 3.63) is 72.1 Å². The number of nitrogens with one attached hydrogen (secondary N) is 2. The summed E-state index contributed by atoms with van der Waals surface area (Å²) in [4.78, 5) is 11.9. The molecule has 1 aromatic heterocycles. The van der Waals surface area contributed by atoms with Gasteiger partial charge in [-0.15, -0.1) is 0 Å². The van der Waals surface area contributed by atoms with Gasteiger partial charge in [0, 0.05) is 11.9 Å². The van der Waals surface area contributed by atoms with E-state index in [1.165, 1.54) is 36.5 Å².